The number of benzene rings is 2. The second kappa shape index (κ2) is 14.4. The van der Waals surface area contributed by atoms with E-state index < -0.39 is 16.1 Å². The van der Waals surface area contributed by atoms with Crippen LogP contribution in [0.5, 0.6) is 0 Å². The molecular weight excluding hydrogens is 542 g/mol. The van der Waals surface area contributed by atoms with E-state index in [2.05, 4.69) is 28.2 Å². The molecule has 0 aliphatic carbocycles. The zero-order valence-electron chi connectivity index (χ0n) is 21.7. The third kappa shape index (κ3) is 9.24. The van der Waals surface area contributed by atoms with E-state index in [4.69, 9.17) is 0 Å². The summed E-state index contributed by atoms with van der Waals surface area (Å²) < 4.78 is 27.2. The number of hydrogen-bond donors (Lipinski definition) is 1. The fourth-order valence-electron chi connectivity index (χ4n) is 3.81. The van der Waals surface area contributed by atoms with E-state index in [1.807, 2.05) is 43.3 Å². The van der Waals surface area contributed by atoms with Crippen LogP contribution in [0.15, 0.2) is 53.0 Å². The van der Waals surface area contributed by atoms with E-state index in [1.165, 1.54) is 10.6 Å². The first-order valence-corrected chi connectivity index (χ1v) is 15.1. The van der Waals surface area contributed by atoms with Crippen LogP contribution in [0.1, 0.15) is 57.6 Å². The lowest BCUT2D eigenvalue weighted by Gasteiger charge is -2.29. The third-order valence-corrected chi connectivity index (χ3v) is 7.77. The van der Waals surface area contributed by atoms with Crippen LogP contribution in [0.4, 0.5) is 5.69 Å². The molecule has 0 saturated carbocycles. The number of halogens is 1. The molecule has 198 valence electrons. The molecule has 0 aromatic heterocycles. The van der Waals surface area contributed by atoms with Crippen molar-refractivity contribution in [3.63, 3.8) is 0 Å². The third-order valence-electron chi connectivity index (χ3n) is 6.05. The summed E-state index contributed by atoms with van der Waals surface area (Å²) >= 11 is 3.42. The molecule has 0 aliphatic rings. The summed E-state index contributed by atoms with van der Waals surface area (Å²) in [6, 6.07) is 14.4. The number of carbonyl (C=O) groups excluding carboxylic acids is 2. The lowest BCUT2D eigenvalue weighted by Crippen LogP contribution is -2.47. The van der Waals surface area contributed by atoms with Gasteiger partial charge in [0.05, 0.1) is 11.9 Å². The van der Waals surface area contributed by atoms with Crippen LogP contribution in [0, 0.1) is 0 Å². The van der Waals surface area contributed by atoms with Gasteiger partial charge in [-0.3, -0.25) is 13.9 Å². The number of nitrogens with zero attached hydrogens (tertiary/aromatic N) is 2. The van der Waals surface area contributed by atoms with Gasteiger partial charge in [0.15, 0.2) is 0 Å². The number of amides is 2. The molecule has 1 atom stereocenters. The van der Waals surface area contributed by atoms with Gasteiger partial charge in [-0.15, -0.1) is 0 Å². The summed E-state index contributed by atoms with van der Waals surface area (Å²) in [6.07, 6.45) is 4.34. The van der Waals surface area contributed by atoms with Gasteiger partial charge in [-0.05, 0) is 61.6 Å². The molecule has 0 bridgehead atoms. The quantitative estimate of drug-likeness (QED) is 0.323. The summed E-state index contributed by atoms with van der Waals surface area (Å²) in [5.41, 5.74) is 2.61. The molecule has 1 N–H and O–H groups in total. The van der Waals surface area contributed by atoms with Crippen molar-refractivity contribution in [2.24, 2.45) is 0 Å². The minimum absolute atomic E-state index is 0.127. The Labute approximate surface area is 224 Å². The Morgan fingerprint density at radius 2 is 1.58 bits per heavy atom. The fourth-order valence-corrected chi connectivity index (χ4v) is 5.04. The second-order valence-corrected chi connectivity index (χ2v) is 11.7. The van der Waals surface area contributed by atoms with Gasteiger partial charge < -0.3 is 10.2 Å². The maximum absolute atomic E-state index is 13.3. The van der Waals surface area contributed by atoms with Crippen molar-refractivity contribution in [1.29, 1.82) is 0 Å². The van der Waals surface area contributed by atoms with E-state index in [1.54, 1.807) is 24.0 Å². The smallest absolute Gasteiger partial charge is 0.242 e. The highest BCUT2D eigenvalue weighted by molar-refractivity contribution is 9.10. The molecule has 2 aromatic carbocycles. The second-order valence-electron chi connectivity index (χ2n) is 8.93. The van der Waals surface area contributed by atoms with Crippen molar-refractivity contribution in [1.82, 2.24) is 10.2 Å². The summed E-state index contributed by atoms with van der Waals surface area (Å²) in [5.74, 6) is -0.381. The molecule has 7 nitrogen and oxygen atoms in total. The molecule has 1 unspecified atom stereocenters. The molecule has 2 amide bonds. The largest absolute Gasteiger partial charge is 0.354 e. The Balaban J connectivity index is 2.13. The zero-order valence-corrected chi connectivity index (χ0v) is 24.1. The molecule has 0 heterocycles. The van der Waals surface area contributed by atoms with E-state index in [0.717, 1.165) is 34.9 Å². The molecule has 2 aromatic rings. The Morgan fingerprint density at radius 1 is 0.972 bits per heavy atom. The lowest BCUT2D eigenvalue weighted by molar-refractivity contribution is -0.140. The van der Waals surface area contributed by atoms with Crippen LogP contribution < -0.4 is 9.62 Å². The topological polar surface area (TPSA) is 86.8 Å². The summed E-state index contributed by atoms with van der Waals surface area (Å²) in [4.78, 5) is 27.6. The Hall–Kier alpha value is -2.39. The highest BCUT2D eigenvalue weighted by Crippen LogP contribution is 2.20. The number of rotatable bonds is 14. The van der Waals surface area contributed by atoms with E-state index >= 15 is 0 Å². The van der Waals surface area contributed by atoms with Crippen molar-refractivity contribution < 1.29 is 18.0 Å². The number of nitrogens with one attached hydrogen (secondary N) is 1. The average molecular weight is 581 g/mol. The first-order chi connectivity index (χ1) is 17.1. The van der Waals surface area contributed by atoms with Gasteiger partial charge in [0.2, 0.25) is 21.8 Å². The van der Waals surface area contributed by atoms with Crippen LogP contribution >= 0.6 is 15.9 Å². The normalized spacial score (nSPS) is 12.1. The molecule has 9 heteroatoms. The molecule has 0 saturated heterocycles. The van der Waals surface area contributed by atoms with E-state index in [0.29, 0.717) is 25.2 Å². The standard InChI is InChI=1S/C27H38BrN3O4S/c1-5-7-18-29-27(33)21(3)30(20-23-10-14-24(28)15-11-23)26(32)9-8-19-31(36(4,34)35)25-16-12-22(6-2)13-17-25/h10-17,21H,5-9,18-20H2,1-4H3,(H,29,33). The molecule has 36 heavy (non-hydrogen) atoms. The number of unbranched alkanes of at least 4 members (excludes halogenated alkanes) is 1. The first-order valence-electron chi connectivity index (χ1n) is 12.4. The number of aryl methyl sites for hydroxylation is 1. The number of hydrogen-bond acceptors (Lipinski definition) is 4. The highest BCUT2D eigenvalue weighted by Gasteiger charge is 2.26. The van der Waals surface area contributed by atoms with Crippen molar-refractivity contribution in [3.05, 3.63) is 64.1 Å². The Morgan fingerprint density at radius 3 is 2.14 bits per heavy atom. The van der Waals surface area contributed by atoms with Crippen molar-refractivity contribution in [3.8, 4) is 0 Å². The molecule has 2 rings (SSSR count). The predicted octanol–water partition coefficient (Wildman–Crippen LogP) is 4.89. The maximum Gasteiger partial charge on any atom is 0.242 e. The van der Waals surface area contributed by atoms with Gasteiger partial charge in [-0.2, -0.15) is 0 Å². The van der Waals surface area contributed by atoms with E-state index in [9.17, 15) is 18.0 Å². The summed E-state index contributed by atoms with van der Waals surface area (Å²) in [7, 11) is -3.51. The van der Waals surface area contributed by atoms with Gasteiger partial charge in [0.25, 0.3) is 0 Å². The van der Waals surface area contributed by atoms with Gasteiger partial charge in [0.1, 0.15) is 6.04 Å². The van der Waals surface area contributed by atoms with Gasteiger partial charge in [-0.1, -0.05) is 60.5 Å². The van der Waals surface area contributed by atoms with Crippen LogP contribution in [0.2, 0.25) is 0 Å². The van der Waals surface area contributed by atoms with Crippen LogP contribution in [-0.2, 0) is 32.6 Å². The molecule has 0 fully saturated rings. The first kappa shape index (κ1) is 29.8. The number of sulfonamides is 1. The van der Waals surface area contributed by atoms with Crippen LogP contribution in [0.3, 0.4) is 0 Å². The summed E-state index contributed by atoms with van der Waals surface area (Å²) in [5, 5.41) is 2.91. The van der Waals surface area contributed by atoms with Crippen molar-refractivity contribution in [2.75, 3.05) is 23.7 Å². The minimum atomic E-state index is -3.51. The minimum Gasteiger partial charge on any atom is -0.354 e. The van der Waals surface area contributed by atoms with Crippen LogP contribution in [-0.4, -0.2) is 50.5 Å². The van der Waals surface area contributed by atoms with Crippen LogP contribution in [0.25, 0.3) is 0 Å². The predicted molar refractivity (Wildman–Crippen MR) is 149 cm³/mol. The van der Waals surface area contributed by atoms with Crippen molar-refractivity contribution in [2.45, 2.75) is 65.5 Å². The Kier molecular flexibility index (Phi) is 11.9. The SMILES string of the molecule is CCCCNC(=O)C(C)N(Cc1ccc(Br)cc1)C(=O)CCCN(c1ccc(CC)cc1)S(C)(=O)=O. The monoisotopic (exact) mass is 579 g/mol. The van der Waals surface area contributed by atoms with Gasteiger partial charge >= 0.3 is 0 Å². The Bertz CT molecular complexity index is 1090. The van der Waals surface area contributed by atoms with Gasteiger partial charge in [-0.25, -0.2) is 8.42 Å². The lowest BCUT2D eigenvalue weighted by atomic mass is 10.1. The molecular formula is C27H38BrN3O4S. The van der Waals surface area contributed by atoms with Crippen molar-refractivity contribution >= 4 is 43.5 Å². The molecule has 0 aliphatic heterocycles. The average Bonchev–Trinajstić information content (AvgIpc) is 2.85. The fraction of sp³-hybridized carbons (Fsp3) is 0.481. The van der Waals surface area contributed by atoms with E-state index in [-0.39, 0.29) is 24.8 Å². The van der Waals surface area contributed by atoms with Gasteiger partial charge in [0, 0.05) is 30.5 Å². The highest BCUT2D eigenvalue weighted by atomic mass is 79.9. The zero-order chi connectivity index (χ0) is 26.7. The number of anilines is 1. The molecule has 0 radical (unpaired) electrons. The molecule has 0 spiro atoms. The summed E-state index contributed by atoms with van der Waals surface area (Å²) in [6.45, 7) is 6.87. The maximum atomic E-state index is 13.3. The number of carbonyl (C=O) groups is 2.